The van der Waals surface area contributed by atoms with E-state index in [-0.39, 0.29) is 17.5 Å². The van der Waals surface area contributed by atoms with Crippen LogP contribution in [0.25, 0.3) is 0 Å². The van der Waals surface area contributed by atoms with Crippen molar-refractivity contribution in [2.45, 2.75) is 51.1 Å². The molecule has 0 saturated heterocycles. The summed E-state index contributed by atoms with van der Waals surface area (Å²) in [6, 6.07) is 1.92. The number of nitrogens with zero attached hydrogens (tertiary/aromatic N) is 1. The van der Waals surface area contributed by atoms with Crippen molar-refractivity contribution >= 4 is 17.5 Å². The topological polar surface area (TPSA) is 60.0 Å². The zero-order chi connectivity index (χ0) is 14.0. The van der Waals surface area contributed by atoms with Gasteiger partial charge in [0, 0.05) is 18.8 Å². The van der Waals surface area contributed by atoms with Crippen LogP contribution >= 0.6 is 11.6 Å². The van der Waals surface area contributed by atoms with E-state index in [1.54, 1.807) is 12.3 Å². The molecule has 19 heavy (non-hydrogen) atoms. The molecule has 1 aromatic rings. The fraction of sp³-hybridized carbons (Fsp3) is 0.643. The summed E-state index contributed by atoms with van der Waals surface area (Å²) in [6.07, 6.45) is 5.98. The molecule has 0 unspecified atom stereocenters. The molecule has 0 aliphatic heterocycles. The zero-order valence-electron chi connectivity index (χ0n) is 11.6. The van der Waals surface area contributed by atoms with Crippen molar-refractivity contribution in [3.8, 4) is 0 Å². The molecule has 1 aliphatic rings. The second-order valence-electron chi connectivity index (χ2n) is 5.69. The lowest BCUT2D eigenvalue weighted by atomic mass is 9.97. The van der Waals surface area contributed by atoms with Crippen LogP contribution in [0, 0.1) is 0 Å². The number of aromatic nitrogens is 1. The molecule has 2 rings (SSSR count). The number of amides is 1. The molecule has 4 nitrogen and oxygen atoms in total. The Balaban J connectivity index is 2.20. The number of halogens is 1. The Kier molecular flexibility index (Phi) is 4.21. The number of nitrogens with one attached hydrogen (secondary N) is 1. The second kappa shape index (κ2) is 5.55. The van der Waals surface area contributed by atoms with E-state index in [4.69, 9.17) is 17.3 Å². The minimum Gasteiger partial charge on any atom is -0.344 e. The average Bonchev–Trinajstić information content (AvgIpc) is 2.96. The van der Waals surface area contributed by atoms with Crippen LogP contribution in [-0.4, -0.2) is 22.6 Å². The highest BCUT2D eigenvalue weighted by atomic mass is 35.5. The van der Waals surface area contributed by atoms with Crippen LogP contribution in [0.3, 0.4) is 0 Å². The van der Waals surface area contributed by atoms with Gasteiger partial charge in [0.1, 0.15) is 5.69 Å². The zero-order valence-corrected chi connectivity index (χ0v) is 12.3. The van der Waals surface area contributed by atoms with Gasteiger partial charge >= 0.3 is 0 Å². The first kappa shape index (κ1) is 14.4. The number of hydrogen-bond donors (Lipinski definition) is 2. The van der Waals surface area contributed by atoms with E-state index >= 15 is 0 Å². The number of carbonyl (C=O) groups is 1. The van der Waals surface area contributed by atoms with Crippen molar-refractivity contribution in [2.24, 2.45) is 5.73 Å². The van der Waals surface area contributed by atoms with E-state index in [2.05, 4.69) is 5.32 Å². The predicted octanol–water partition coefficient (Wildman–Crippen LogP) is 2.72. The molecule has 106 valence electrons. The lowest BCUT2D eigenvalue weighted by Gasteiger charge is -2.29. The van der Waals surface area contributed by atoms with Gasteiger partial charge in [-0.15, -0.1) is 0 Å². The molecule has 5 heteroatoms. The van der Waals surface area contributed by atoms with Crippen LogP contribution in [0.2, 0.25) is 5.02 Å². The van der Waals surface area contributed by atoms with Gasteiger partial charge in [0.2, 0.25) is 0 Å². The van der Waals surface area contributed by atoms with Crippen LogP contribution in [0.4, 0.5) is 0 Å². The van der Waals surface area contributed by atoms with Gasteiger partial charge < -0.3 is 15.6 Å². The largest absolute Gasteiger partial charge is 0.344 e. The normalized spacial score (nSPS) is 17.9. The third kappa shape index (κ3) is 2.95. The molecule has 1 heterocycles. The summed E-state index contributed by atoms with van der Waals surface area (Å²) in [5, 5.41) is 3.71. The molecule has 3 N–H and O–H groups in total. The van der Waals surface area contributed by atoms with E-state index < -0.39 is 0 Å². The molecular weight excluding hydrogens is 262 g/mol. The Labute approximate surface area is 119 Å². The van der Waals surface area contributed by atoms with Crippen LogP contribution in [0.5, 0.6) is 0 Å². The molecule has 0 aromatic carbocycles. The van der Waals surface area contributed by atoms with Crippen LogP contribution in [0.15, 0.2) is 12.3 Å². The average molecular weight is 284 g/mol. The monoisotopic (exact) mass is 283 g/mol. The van der Waals surface area contributed by atoms with Gasteiger partial charge in [-0.2, -0.15) is 0 Å². The maximum atomic E-state index is 12.5. The number of nitrogens with two attached hydrogens (primary N) is 1. The van der Waals surface area contributed by atoms with Crippen molar-refractivity contribution in [3.63, 3.8) is 0 Å². The Morgan fingerprint density at radius 2 is 2.16 bits per heavy atom. The van der Waals surface area contributed by atoms with E-state index in [1.807, 2.05) is 18.4 Å². The number of hydrogen-bond acceptors (Lipinski definition) is 2. The summed E-state index contributed by atoms with van der Waals surface area (Å²) >= 11 is 6.01. The van der Waals surface area contributed by atoms with Crippen LogP contribution in [-0.2, 0) is 0 Å². The van der Waals surface area contributed by atoms with Crippen LogP contribution in [0.1, 0.15) is 56.1 Å². The summed E-state index contributed by atoms with van der Waals surface area (Å²) in [6.45, 7) is 4.55. The Hall–Kier alpha value is -1.00. The molecule has 0 bridgehead atoms. The number of carbonyl (C=O) groups excluding carboxylic acids is 1. The van der Waals surface area contributed by atoms with Crippen molar-refractivity contribution in [2.75, 3.05) is 6.54 Å². The third-order valence-corrected chi connectivity index (χ3v) is 4.14. The highest BCUT2D eigenvalue weighted by molar-refractivity contribution is 6.31. The first-order valence-corrected chi connectivity index (χ1v) is 7.25. The Morgan fingerprint density at radius 1 is 1.53 bits per heavy atom. The SMILES string of the molecule is CC(C)n1cc(Cl)cc1C(=O)NC1(CN)CCCC1. The summed E-state index contributed by atoms with van der Waals surface area (Å²) < 4.78 is 1.90. The second-order valence-corrected chi connectivity index (χ2v) is 6.13. The summed E-state index contributed by atoms with van der Waals surface area (Å²) in [7, 11) is 0. The maximum Gasteiger partial charge on any atom is 0.268 e. The molecule has 1 aliphatic carbocycles. The summed E-state index contributed by atoms with van der Waals surface area (Å²) in [5.74, 6) is -0.0760. The van der Waals surface area contributed by atoms with Gasteiger partial charge in [-0.1, -0.05) is 24.4 Å². The van der Waals surface area contributed by atoms with Gasteiger partial charge in [-0.3, -0.25) is 4.79 Å². The highest BCUT2D eigenvalue weighted by Gasteiger charge is 2.34. The molecule has 0 spiro atoms. The predicted molar refractivity (Wildman–Crippen MR) is 77.5 cm³/mol. The van der Waals surface area contributed by atoms with Crippen LogP contribution < -0.4 is 11.1 Å². The van der Waals surface area contributed by atoms with Crippen molar-refractivity contribution in [1.82, 2.24) is 9.88 Å². The first-order chi connectivity index (χ1) is 8.97. The van der Waals surface area contributed by atoms with Gasteiger partial charge in [-0.25, -0.2) is 0 Å². The lowest BCUT2D eigenvalue weighted by molar-refractivity contribution is 0.0892. The molecule has 1 saturated carbocycles. The Bertz CT molecular complexity index is 461. The fourth-order valence-electron chi connectivity index (χ4n) is 2.79. The first-order valence-electron chi connectivity index (χ1n) is 6.87. The number of rotatable bonds is 4. The van der Waals surface area contributed by atoms with E-state index in [1.165, 1.54) is 0 Å². The highest BCUT2D eigenvalue weighted by Crippen LogP contribution is 2.29. The van der Waals surface area contributed by atoms with E-state index in [9.17, 15) is 4.79 Å². The smallest absolute Gasteiger partial charge is 0.268 e. The van der Waals surface area contributed by atoms with Crippen molar-refractivity contribution in [3.05, 3.63) is 23.0 Å². The van der Waals surface area contributed by atoms with Gasteiger partial charge in [0.05, 0.1) is 10.6 Å². The molecular formula is C14H22ClN3O. The standard InChI is InChI=1S/C14H22ClN3O/c1-10(2)18-8-11(15)7-12(18)13(19)17-14(9-16)5-3-4-6-14/h7-8,10H,3-6,9,16H2,1-2H3,(H,17,19). The van der Waals surface area contributed by atoms with Gasteiger partial charge in [-0.05, 0) is 32.8 Å². The van der Waals surface area contributed by atoms with Gasteiger partial charge in [0.25, 0.3) is 5.91 Å². The Morgan fingerprint density at radius 3 is 2.68 bits per heavy atom. The van der Waals surface area contributed by atoms with Crippen molar-refractivity contribution < 1.29 is 4.79 Å². The summed E-state index contributed by atoms with van der Waals surface area (Å²) in [5.41, 5.74) is 6.23. The van der Waals surface area contributed by atoms with E-state index in [0.29, 0.717) is 17.3 Å². The minimum absolute atomic E-state index is 0.0760. The molecule has 1 amide bonds. The van der Waals surface area contributed by atoms with Gasteiger partial charge in [0.15, 0.2) is 0 Å². The molecule has 0 radical (unpaired) electrons. The van der Waals surface area contributed by atoms with E-state index in [0.717, 1.165) is 25.7 Å². The molecule has 1 fully saturated rings. The minimum atomic E-state index is -0.227. The molecule has 1 aromatic heterocycles. The third-order valence-electron chi connectivity index (χ3n) is 3.93. The van der Waals surface area contributed by atoms with Crippen molar-refractivity contribution in [1.29, 1.82) is 0 Å². The lowest BCUT2D eigenvalue weighted by Crippen LogP contribution is -2.52. The summed E-state index contributed by atoms with van der Waals surface area (Å²) in [4.78, 5) is 12.5. The quantitative estimate of drug-likeness (QED) is 0.892. The molecule has 0 atom stereocenters. The maximum absolute atomic E-state index is 12.5. The fourth-order valence-corrected chi connectivity index (χ4v) is 3.00.